The molecule has 1 aliphatic carbocycles. The van der Waals surface area contributed by atoms with Gasteiger partial charge in [-0.2, -0.15) is 4.98 Å². The highest BCUT2D eigenvalue weighted by Crippen LogP contribution is 2.38. The molecule has 0 spiro atoms. The highest BCUT2D eigenvalue weighted by molar-refractivity contribution is 6.28. The topological polar surface area (TPSA) is 54.5 Å². The highest BCUT2D eigenvalue weighted by Gasteiger charge is 2.26. The van der Waals surface area contributed by atoms with Crippen molar-refractivity contribution in [1.82, 2.24) is 19.9 Å². The van der Waals surface area contributed by atoms with Crippen LogP contribution in [0.2, 0.25) is 5.28 Å². The molecule has 66 valence electrons. The van der Waals surface area contributed by atoms with Gasteiger partial charge in [-0.25, -0.2) is 9.97 Å². The van der Waals surface area contributed by atoms with E-state index in [1.54, 1.807) is 6.20 Å². The number of H-pyrrole nitrogens is 1. The van der Waals surface area contributed by atoms with Crippen molar-refractivity contribution < 1.29 is 0 Å². The Balaban J connectivity index is 2.20. The van der Waals surface area contributed by atoms with Crippen LogP contribution in [-0.4, -0.2) is 19.9 Å². The third-order valence-corrected chi connectivity index (χ3v) is 2.37. The lowest BCUT2D eigenvalue weighted by Gasteiger charge is -1.85. The first-order chi connectivity index (χ1) is 6.33. The number of hydrogen-bond donors (Lipinski definition) is 1. The van der Waals surface area contributed by atoms with E-state index in [1.165, 1.54) is 12.8 Å². The van der Waals surface area contributed by atoms with Crippen LogP contribution in [0.25, 0.3) is 11.2 Å². The molecule has 0 aromatic carbocycles. The van der Waals surface area contributed by atoms with Gasteiger partial charge in [0, 0.05) is 5.92 Å². The van der Waals surface area contributed by atoms with Crippen LogP contribution in [0.5, 0.6) is 0 Å². The molecule has 0 aliphatic heterocycles. The fourth-order valence-electron chi connectivity index (χ4n) is 1.36. The van der Waals surface area contributed by atoms with Crippen molar-refractivity contribution in [2.45, 2.75) is 18.8 Å². The molecule has 5 heteroatoms. The van der Waals surface area contributed by atoms with Gasteiger partial charge in [0.15, 0.2) is 5.65 Å². The van der Waals surface area contributed by atoms with Crippen LogP contribution >= 0.6 is 11.6 Å². The molecular formula is C8H7ClN4. The largest absolute Gasteiger partial charge is 0.339 e. The summed E-state index contributed by atoms with van der Waals surface area (Å²) in [5.74, 6) is 1.62. The van der Waals surface area contributed by atoms with E-state index < -0.39 is 0 Å². The lowest BCUT2D eigenvalue weighted by Crippen LogP contribution is -1.81. The first-order valence-electron chi connectivity index (χ1n) is 4.21. The summed E-state index contributed by atoms with van der Waals surface area (Å²) in [6, 6.07) is 0. The fourth-order valence-corrected chi connectivity index (χ4v) is 1.48. The van der Waals surface area contributed by atoms with Gasteiger partial charge in [-0.15, -0.1) is 0 Å². The first kappa shape index (κ1) is 7.26. The Labute approximate surface area is 79.4 Å². The minimum atomic E-state index is 0.251. The molecule has 0 radical (unpaired) electrons. The van der Waals surface area contributed by atoms with Gasteiger partial charge >= 0.3 is 0 Å². The monoisotopic (exact) mass is 194 g/mol. The first-order valence-corrected chi connectivity index (χ1v) is 4.59. The van der Waals surface area contributed by atoms with Crippen LogP contribution in [0.15, 0.2) is 6.20 Å². The lowest BCUT2D eigenvalue weighted by atomic mass is 10.4. The van der Waals surface area contributed by atoms with E-state index in [4.69, 9.17) is 11.6 Å². The summed E-state index contributed by atoms with van der Waals surface area (Å²) >= 11 is 5.65. The van der Waals surface area contributed by atoms with Crippen LogP contribution in [0, 0.1) is 0 Å². The van der Waals surface area contributed by atoms with E-state index in [0.29, 0.717) is 11.6 Å². The van der Waals surface area contributed by atoms with Gasteiger partial charge in [0.2, 0.25) is 5.28 Å². The van der Waals surface area contributed by atoms with Gasteiger partial charge in [-0.05, 0) is 24.4 Å². The fraction of sp³-hybridized carbons (Fsp3) is 0.375. The molecule has 4 nitrogen and oxygen atoms in total. The Bertz CT molecular complexity index is 460. The molecule has 0 saturated heterocycles. The summed E-state index contributed by atoms with van der Waals surface area (Å²) in [6.07, 6.45) is 4.12. The Morgan fingerprint density at radius 3 is 3.00 bits per heavy atom. The van der Waals surface area contributed by atoms with Gasteiger partial charge in [0.05, 0.1) is 6.20 Å². The second-order valence-corrected chi connectivity index (χ2v) is 3.61. The standard InChI is InChI=1S/C8H7ClN4/c9-8-10-3-5-7(13-8)12-6(11-5)4-1-2-4/h3-4H,1-2H2,(H,10,11,12,13). The molecule has 2 aromatic rings. The zero-order valence-electron chi connectivity index (χ0n) is 6.79. The van der Waals surface area contributed by atoms with Crippen molar-refractivity contribution in [3.8, 4) is 0 Å². The van der Waals surface area contributed by atoms with E-state index in [1.807, 2.05) is 0 Å². The molecule has 1 aliphatic rings. The smallest absolute Gasteiger partial charge is 0.224 e. The van der Waals surface area contributed by atoms with Crippen molar-refractivity contribution in [3.05, 3.63) is 17.3 Å². The minimum absolute atomic E-state index is 0.251. The molecule has 1 saturated carbocycles. The summed E-state index contributed by atoms with van der Waals surface area (Å²) in [6.45, 7) is 0. The summed E-state index contributed by atoms with van der Waals surface area (Å²) in [5.41, 5.74) is 1.54. The van der Waals surface area contributed by atoms with Gasteiger partial charge in [-0.1, -0.05) is 0 Å². The van der Waals surface area contributed by atoms with Crippen LogP contribution < -0.4 is 0 Å². The zero-order valence-corrected chi connectivity index (χ0v) is 7.54. The second kappa shape index (κ2) is 2.42. The Morgan fingerprint density at radius 2 is 2.23 bits per heavy atom. The molecule has 2 aromatic heterocycles. The Morgan fingerprint density at radius 1 is 1.38 bits per heavy atom. The van der Waals surface area contributed by atoms with Gasteiger partial charge in [0.1, 0.15) is 11.3 Å². The SMILES string of the molecule is Clc1ncc2[nH]c(C3CC3)nc2n1. The predicted octanol–water partition coefficient (Wildman–Crippen LogP) is 1.88. The van der Waals surface area contributed by atoms with Crippen molar-refractivity contribution in [2.24, 2.45) is 0 Å². The maximum atomic E-state index is 5.65. The molecule has 0 atom stereocenters. The average molecular weight is 195 g/mol. The number of imidazole rings is 1. The minimum Gasteiger partial charge on any atom is -0.339 e. The number of nitrogens with one attached hydrogen (secondary N) is 1. The number of hydrogen-bond acceptors (Lipinski definition) is 3. The summed E-state index contributed by atoms with van der Waals surface area (Å²) in [5, 5.41) is 0.251. The van der Waals surface area contributed by atoms with E-state index in [0.717, 1.165) is 11.3 Å². The molecule has 1 N–H and O–H groups in total. The van der Waals surface area contributed by atoms with E-state index in [-0.39, 0.29) is 5.28 Å². The van der Waals surface area contributed by atoms with Crippen molar-refractivity contribution in [2.75, 3.05) is 0 Å². The van der Waals surface area contributed by atoms with Crippen LogP contribution in [0.3, 0.4) is 0 Å². The molecule has 13 heavy (non-hydrogen) atoms. The van der Waals surface area contributed by atoms with Crippen molar-refractivity contribution in [3.63, 3.8) is 0 Å². The number of halogens is 1. The van der Waals surface area contributed by atoms with E-state index >= 15 is 0 Å². The number of nitrogens with zero attached hydrogens (tertiary/aromatic N) is 3. The number of aromatic amines is 1. The maximum absolute atomic E-state index is 5.65. The van der Waals surface area contributed by atoms with Gasteiger partial charge in [-0.3, -0.25) is 0 Å². The molecule has 0 bridgehead atoms. The zero-order chi connectivity index (χ0) is 8.84. The van der Waals surface area contributed by atoms with E-state index in [2.05, 4.69) is 19.9 Å². The van der Waals surface area contributed by atoms with E-state index in [9.17, 15) is 0 Å². The average Bonchev–Trinajstić information content (AvgIpc) is 2.87. The summed E-state index contributed by atoms with van der Waals surface area (Å²) in [7, 11) is 0. The summed E-state index contributed by atoms with van der Waals surface area (Å²) < 4.78 is 0. The third-order valence-electron chi connectivity index (χ3n) is 2.19. The van der Waals surface area contributed by atoms with Crippen molar-refractivity contribution in [1.29, 1.82) is 0 Å². The lowest BCUT2D eigenvalue weighted by molar-refractivity contribution is 0.983. The van der Waals surface area contributed by atoms with Gasteiger partial charge in [0.25, 0.3) is 0 Å². The van der Waals surface area contributed by atoms with Crippen LogP contribution in [0.4, 0.5) is 0 Å². The molecule has 2 heterocycles. The molecule has 0 amide bonds. The Kier molecular flexibility index (Phi) is 1.35. The normalized spacial score (nSPS) is 16.7. The molecule has 0 unspecified atom stereocenters. The molecular weight excluding hydrogens is 188 g/mol. The third kappa shape index (κ3) is 1.18. The predicted molar refractivity (Wildman–Crippen MR) is 48.7 cm³/mol. The number of aromatic nitrogens is 4. The van der Waals surface area contributed by atoms with Crippen molar-refractivity contribution >= 4 is 22.8 Å². The second-order valence-electron chi connectivity index (χ2n) is 3.27. The Hall–Kier alpha value is -1.16. The summed E-state index contributed by atoms with van der Waals surface area (Å²) in [4.78, 5) is 15.4. The highest BCUT2D eigenvalue weighted by atomic mass is 35.5. The van der Waals surface area contributed by atoms with Gasteiger partial charge < -0.3 is 4.98 Å². The molecule has 3 rings (SSSR count). The van der Waals surface area contributed by atoms with Crippen LogP contribution in [0.1, 0.15) is 24.6 Å². The molecule has 1 fully saturated rings. The number of rotatable bonds is 1. The quantitative estimate of drug-likeness (QED) is 0.706. The number of fused-ring (bicyclic) bond motifs is 1. The maximum Gasteiger partial charge on any atom is 0.224 e. The van der Waals surface area contributed by atoms with Crippen LogP contribution in [-0.2, 0) is 0 Å².